The highest BCUT2D eigenvalue weighted by atomic mass is 16.5. The normalized spacial score (nSPS) is 43.9. The lowest BCUT2D eigenvalue weighted by atomic mass is 9.42. The minimum Gasteiger partial charge on any atom is -0.485 e. The minimum absolute atomic E-state index is 0.180. The van der Waals surface area contributed by atoms with Crippen molar-refractivity contribution in [2.45, 2.75) is 123 Å². The summed E-state index contributed by atoms with van der Waals surface area (Å²) in [4.78, 5) is 0. The topological polar surface area (TPSA) is 81.5 Å². The maximum Gasteiger partial charge on any atom is 0.144 e. The van der Waals surface area contributed by atoms with Gasteiger partial charge in [-0.25, -0.2) is 0 Å². The van der Waals surface area contributed by atoms with Gasteiger partial charge in [0.15, 0.2) is 0 Å². The number of benzene rings is 1. The summed E-state index contributed by atoms with van der Waals surface area (Å²) >= 11 is 0. The van der Waals surface area contributed by atoms with E-state index in [0.717, 1.165) is 48.9 Å². The fourth-order valence-electron chi connectivity index (χ4n) is 10.6. The zero-order valence-corrected chi connectivity index (χ0v) is 24.3. The van der Waals surface area contributed by atoms with Crippen molar-refractivity contribution >= 4 is 11.4 Å². The maximum atomic E-state index is 12.1. The monoisotopic (exact) mass is 510 g/mol. The Bertz CT molecular complexity index is 962. The Balaban J connectivity index is 1.32. The summed E-state index contributed by atoms with van der Waals surface area (Å²) < 4.78 is 6.42. The fourth-order valence-corrected chi connectivity index (χ4v) is 10.6. The van der Waals surface area contributed by atoms with Crippen LogP contribution in [0.3, 0.4) is 0 Å². The fraction of sp³-hybridized carbons (Fsp3) is 0.818. The molecule has 0 aliphatic heterocycles. The third-order valence-corrected chi connectivity index (χ3v) is 12.5. The zero-order valence-electron chi connectivity index (χ0n) is 24.3. The molecule has 4 fully saturated rings. The lowest BCUT2D eigenvalue weighted by Crippen LogP contribution is -2.64. The molecule has 4 nitrogen and oxygen atoms in total. The molecule has 37 heavy (non-hydrogen) atoms. The van der Waals surface area contributed by atoms with Gasteiger partial charge in [0.1, 0.15) is 17.5 Å². The summed E-state index contributed by atoms with van der Waals surface area (Å²) in [7, 11) is 0. The highest BCUT2D eigenvalue weighted by Crippen LogP contribution is 2.69. The number of nitrogens with two attached hydrogens (primary N) is 2. The number of nitrogen functional groups attached to an aromatic ring is 2. The number of hydrogen-bond acceptors (Lipinski definition) is 4. The van der Waals surface area contributed by atoms with E-state index >= 15 is 0 Å². The minimum atomic E-state index is -0.873. The molecule has 0 amide bonds. The van der Waals surface area contributed by atoms with Crippen molar-refractivity contribution < 1.29 is 9.84 Å². The van der Waals surface area contributed by atoms with Crippen molar-refractivity contribution in [3.63, 3.8) is 0 Å². The molecular weight excluding hydrogens is 456 g/mol. The summed E-state index contributed by atoms with van der Waals surface area (Å²) in [5, 5.41) is 12.1. The molecule has 4 heteroatoms. The molecule has 10 unspecified atom stereocenters. The molecule has 0 heterocycles. The quantitative estimate of drug-likeness (QED) is 0.258. The van der Waals surface area contributed by atoms with Crippen LogP contribution in [0.5, 0.6) is 5.75 Å². The van der Waals surface area contributed by atoms with E-state index in [1.165, 1.54) is 57.8 Å². The lowest BCUT2D eigenvalue weighted by molar-refractivity contribution is -0.212. The van der Waals surface area contributed by atoms with Crippen molar-refractivity contribution in [3.05, 3.63) is 18.2 Å². The molecule has 4 aliphatic carbocycles. The van der Waals surface area contributed by atoms with Crippen molar-refractivity contribution in [1.29, 1.82) is 0 Å². The van der Waals surface area contributed by atoms with Gasteiger partial charge in [0.2, 0.25) is 0 Å². The van der Waals surface area contributed by atoms with E-state index in [2.05, 4.69) is 27.7 Å². The smallest absolute Gasteiger partial charge is 0.144 e. The lowest BCUT2D eigenvalue weighted by Gasteiger charge is -2.64. The van der Waals surface area contributed by atoms with Gasteiger partial charge in [-0.3, -0.25) is 0 Å². The molecule has 5 N–H and O–H groups in total. The van der Waals surface area contributed by atoms with E-state index in [4.69, 9.17) is 16.2 Å². The van der Waals surface area contributed by atoms with E-state index in [-0.39, 0.29) is 17.4 Å². The van der Waals surface area contributed by atoms with Crippen LogP contribution >= 0.6 is 0 Å². The predicted molar refractivity (Wildman–Crippen MR) is 154 cm³/mol. The van der Waals surface area contributed by atoms with Crippen LogP contribution in [0, 0.1) is 46.3 Å². The van der Waals surface area contributed by atoms with Crippen LogP contribution in [0.2, 0.25) is 0 Å². The number of aliphatic hydroxyl groups is 1. The molecule has 0 bridgehead atoms. The van der Waals surface area contributed by atoms with Gasteiger partial charge in [-0.05, 0) is 117 Å². The summed E-state index contributed by atoms with van der Waals surface area (Å²) in [6.45, 7) is 12.1. The Morgan fingerprint density at radius 1 is 0.946 bits per heavy atom. The third kappa shape index (κ3) is 4.47. The molecule has 0 radical (unpaired) electrons. The van der Waals surface area contributed by atoms with Crippen molar-refractivity contribution in [1.82, 2.24) is 0 Å². The summed E-state index contributed by atoms with van der Waals surface area (Å²) in [5.41, 5.74) is 13.3. The molecule has 4 saturated carbocycles. The van der Waals surface area contributed by atoms with Gasteiger partial charge < -0.3 is 21.3 Å². The van der Waals surface area contributed by atoms with Crippen molar-refractivity contribution in [3.8, 4) is 5.75 Å². The first kappa shape index (κ1) is 27.2. The Kier molecular flexibility index (Phi) is 7.31. The molecule has 0 aromatic heterocycles. The Labute approximate surface area is 226 Å². The average Bonchev–Trinajstić information content (AvgIpc) is 3.20. The van der Waals surface area contributed by atoms with E-state index < -0.39 is 5.60 Å². The van der Waals surface area contributed by atoms with E-state index in [0.29, 0.717) is 22.5 Å². The molecule has 1 aromatic rings. The van der Waals surface area contributed by atoms with Crippen LogP contribution < -0.4 is 16.2 Å². The van der Waals surface area contributed by atoms with Crippen LogP contribution in [0.4, 0.5) is 11.4 Å². The van der Waals surface area contributed by atoms with E-state index in [9.17, 15) is 5.11 Å². The first-order valence-corrected chi connectivity index (χ1v) is 15.6. The number of hydrogen-bond donors (Lipinski definition) is 3. The molecule has 5 rings (SSSR count). The largest absolute Gasteiger partial charge is 0.485 e. The van der Waals surface area contributed by atoms with Gasteiger partial charge in [-0.2, -0.15) is 0 Å². The number of anilines is 2. The van der Waals surface area contributed by atoms with Crippen molar-refractivity contribution in [2.24, 2.45) is 46.3 Å². The van der Waals surface area contributed by atoms with Gasteiger partial charge in [-0.15, -0.1) is 0 Å². The standard InChI is InChI=1S/C33H54N2O2/c1-6-7-8-9-21(2)24-12-13-25-23-11-15-29-32(4,26(23)16-18-31(24,25)3)19-17-30(33(29,5)36)37-28-20-22(34)10-14-27(28)35/h10,14,20-21,23-26,29-30,36H,6-9,11-13,15-19,34-35H2,1-5H3. The number of ether oxygens (including phenoxy) is 1. The SMILES string of the molecule is CCCCCC(C)C1CCC2C3CCC4C(C)(O)C(Oc5cc(N)ccc5N)CCC4(C)C3CCC12C. The van der Waals surface area contributed by atoms with Crippen LogP contribution in [-0.2, 0) is 0 Å². The Morgan fingerprint density at radius 3 is 2.43 bits per heavy atom. The number of unbranched alkanes of at least 4 members (excludes halogenated alkanes) is 2. The second-order valence-corrected chi connectivity index (χ2v) is 14.4. The van der Waals surface area contributed by atoms with Crippen LogP contribution in [0.1, 0.15) is 112 Å². The van der Waals surface area contributed by atoms with Gasteiger partial charge in [0.25, 0.3) is 0 Å². The second-order valence-electron chi connectivity index (χ2n) is 14.4. The number of fused-ring (bicyclic) bond motifs is 5. The summed E-state index contributed by atoms with van der Waals surface area (Å²) in [6, 6.07) is 5.41. The highest BCUT2D eigenvalue weighted by Gasteiger charge is 2.64. The summed E-state index contributed by atoms with van der Waals surface area (Å²) in [5.74, 6) is 5.05. The molecule has 4 aliphatic rings. The molecule has 1 aromatic carbocycles. The molecule has 10 atom stereocenters. The van der Waals surface area contributed by atoms with Crippen LogP contribution in [0.25, 0.3) is 0 Å². The molecular formula is C33H54N2O2. The van der Waals surface area contributed by atoms with E-state index in [1.807, 2.05) is 6.92 Å². The number of rotatable bonds is 7. The van der Waals surface area contributed by atoms with Crippen LogP contribution in [-0.4, -0.2) is 16.8 Å². The molecule has 0 spiro atoms. The predicted octanol–water partition coefficient (Wildman–Crippen LogP) is 7.83. The summed E-state index contributed by atoms with van der Waals surface area (Å²) in [6.07, 6.45) is 15.2. The van der Waals surface area contributed by atoms with Crippen molar-refractivity contribution in [2.75, 3.05) is 11.5 Å². The Hall–Kier alpha value is -1.42. The zero-order chi connectivity index (χ0) is 26.6. The average molecular weight is 511 g/mol. The van der Waals surface area contributed by atoms with Crippen LogP contribution in [0.15, 0.2) is 18.2 Å². The van der Waals surface area contributed by atoms with Gasteiger partial charge in [0.05, 0.1) is 5.69 Å². The van der Waals surface area contributed by atoms with Gasteiger partial charge in [-0.1, -0.05) is 53.4 Å². The third-order valence-electron chi connectivity index (χ3n) is 12.5. The molecule has 0 saturated heterocycles. The van der Waals surface area contributed by atoms with Gasteiger partial charge in [0, 0.05) is 11.8 Å². The van der Waals surface area contributed by atoms with Gasteiger partial charge >= 0.3 is 0 Å². The molecule has 208 valence electrons. The maximum absolute atomic E-state index is 12.1. The highest BCUT2D eigenvalue weighted by molar-refractivity contribution is 5.59. The van der Waals surface area contributed by atoms with E-state index in [1.54, 1.807) is 18.2 Å². The first-order valence-electron chi connectivity index (χ1n) is 15.6. The Morgan fingerprint density at radius 2 is 1.68 bits per heavy atom. The second kappa shape index (κ2) is 9.96. The first-order chi connectivity index (χ1) is 17.5.